The molecule has 346 valence electrons. The van der Waals surface area contributed by atoms with Crippen molar-refractivity contribution in [3.63, 3.8) is 0 Å². The normalized spacial score (nSPS) is 14.1. The fourth-order valence-electron chi connectivity index (χ4n) is 8.42. The summed E-state index contributed by atoms with van der Waals surface area (Å²) < 4.78 is 39.3. The number of benzene rings is 6. The van der Waals surface area contributed by atoms with E-state index in [0.717, 1.165) is 52.6 Å². The van der Waals surface area contributed by atoms with Crippen LogP contribution in [0.25, 0.3) is 0 Å². The highest BCUT2D eigenvalue weighted by molar-refractivity contribution is 5.70. The van der Waals surface area contributed by atoms with Crippen LogP contribution in [0.4, 0.5) is 0 Å². The average molecular weight is 889 g/mol. The molecule has 0 radical (unpaired) electrons. The highest BCUT2D eigenvalue weighted by atomic mass is 16.6. The highest BCUT2D eigenvalue weighted by Crippen LogP contribution is 2.45. The molecule has 2 atom stereocenters. The van der Waals surface area contributed by atoms with Crippen molar-refractivity contribution in [2.45, 2.75) is 142 Å². The summed E-state index contributed by atoms with van der Waals surface area (Å²) >= 11 is 0. The van der Waals surface area contributed by atoms with Gasteiger partial charge in [0.05, 0.1) is 0 Å². The van der Waals surface area contributed by atoms with Crippen LogP contribution in [-0.2, 0) is 42.4 Å². The van der Waals surface area contributed by atoms with Crippen molar-refractivity contribution < 1.29 is 33.2 Å². The minimum absolute atomic E-state index is 0.224. The maximum absolute atomic E-state index is 13.8. The van der Waals surface area contributed by atoms with E-state index in [1.54, 1.807) is 0 Å². The molecule has 6 aromatic carbocycles. The molecule has 1 aliphatic rings. The molecule has 0 saturated heterocycles. The largest absolute Gasteiger partial charge is 0.489 e. The number of carbonyl (C=O) groups is 1. The molecule has 0 bridgehead atoms. The predicted octanol–water partition coefficient (Wildman–Crippen LogP) is 15.1. The van der Waals surface area contributed by atoms with Gasteiger partial charge in [0.1, 0.15) is 49.8 Å². The molecule has 0 unspecified atom stereocenters. The van der Waals surface area contributed by atoms with Crippen LogP contribution in [0.3, 0.4) is 0 Å². The Morgan fingerprint density at radius 1 is 0.485 bits per heavy atom. The zero-order valence-corrected chi connectivity index (χ0v) is 38.9. The summed E-state index contributed by atoms with van der Waals surface area (Å²) in [5.74, 6) is 2.83. The minimum atomic E-state index is -0.651. The molecule has 66 heavy (non-hydrogen) atoms. The van der Waals surface area contributed by atoms with E-state index in [1.165, 1.54) is 64.2 Å². The van der Waals surface area contributed by atoms with Gasteiger partial charge in [-0.05, 0) is 40.8 Å². The molecule has 0 amide bonds. The Hall–Kier alpha value is -6.21. The van der Waals surface area contributed by atoms with Crippen molar-refractivity contribution >= 4 is 5.97 Å². The van der Waals surface area contributed by atoms with E-state index in [4.69, 9.17) is 28.4 Å². The maximum Gasteiger partial charge on any atom is 0.306 e. The first-order valence-electron chi connectivity index (χ1n) is 24.4. The number of hydrogen-bond acceptors (Lipinski definition) is 7. The molecule has 0 saturated carbocycles. The Bertz CT molecular complexity index is 2300. The third-order valence-corrected chi connectivity index (χ3v) is 12.2. The molecule has 1 aliphatic heterocycles. The summed E-state index contributed by atoms with van der Waals surface area (Å²) in [6.07, 6.45) is 15.6. The van der Waals surface area contributed by atoms with Crippen molar-refractivity contribution in [1.29, 1.82) is 0 Å². The second-order valence-corrected chi connectivity index (χ2v) is 17.5. The van der Waals surface area contributed by atoms with Gasteiger partial charge in [-0.3, -0.25) is 4.79 Å². The van der Waals surface area contributed by atoms with Crippen molar-refractivity contribution in [3.8, 4) is 28.7 Å². The van der Waals surface area contributed by atoms with E-state index in [2.05, 4.69) is 6.92 Å². The van der Waals surface area contributed by atoms with Gasteiger partial charge < -0.3 is 28.4 Å². The first kappa shape index (κ1) is 47.7. The van der Waals surface area contributed by atoms with Crippen molar-refractivity contribution in [2.24, 2.45) is 0 Å². The lowest BCUT2D eigenvalue weighted by atomic mass is 9.93. The molecule has 0 aromatic heterocycles. The number of ether oxygens (including phenoxy) is 6. The van der Waals surface area contributed by atoms with Gasteiger partial charge in [0, 0.05) is 36.1 Å². The van der Waals surface area contributed by atoms with Crippen LogP contribution in [0.15, 0.2) is 152 Å². The number of carbonyl (C=O) groups excluding carboxylic acids is 1. The molecule has 7 nitrogen and oxygen atoms in total. The first-order chi connectivity index (χ1) is 32.6. The summed E-state index contributed by atoms with van der Waals surface area (Å²) in [7, 11) is 0. The number of unbranched alkanes of at least 4 members (excludes halogenated alkanes) is 12. The second-order valence-electron chi connectivity index (χ2n) is 17.5. The van der Waals surface area contributed by atoms with Crippen molar-refractivity contribution in [1.82, 2.24) is 0 Å². The van der Waals surface area contributed by atoms with Gasteiger partial charge in [-0.15, -0.1) is 0 Å². The fourth-order valence-corrected chi connectivity index (χ4v) is 8.42. The predicted molar refractivity (Wildman–Crippen MR) is 263 cm³/mol. The molecule has 0 aliphatic carbocycles. The van der Waals surface area contributed by atoms with Crippen LogP contribution in [0.1, 0.15) is 136 Å². The number of rotatable bonds is 28. The third kappa shape index (κ3) is 15.5. The lowest BCUT2D eigenvalue weighted by Crippen LogP contribution is -2.35. The first-order valence-corrected chi connectivity index (χ1v) is 24.4. The number of fused-ring (bicyclic) bond motifs is 1. The van der Waals surface area contributed by atoms with E-state index in [-0.39, 0.29) is 5.97 Å². The Kier molecular flexibility index (Phi) is 19.3. The number of hydrogen-bond donors (Lipinski definition) is 0. The van der Waals surface area contributed by atoms with E-state index in [9.17, 15) is 4.79 Å². The minimum Gasteiger partial charge on any atom is -0.489 e. The van der Waals surface area contributed by atoms with E-state index < -0.39 is 12.2 Å². The lowest BCUT2D eigenvalue weighted by molar-refractivity contribution is -0.155. The summed E-state index contributed by atoms with van der Waals surface area (Å²) in [6.45, 7) is 3.74. The Balaban J connectivity index is 1.10. The molecule has 7 heteroatoms. The van der Waals surface area contributed by atoms with Gasteiger partial charge >= 0.3 is 5.97 Å². The molecule has 0 spiro atoms. The van der Waals surface area contributed by atoms with Crippen LogP contribution >= 0.6 is 0 Å². The molecule has 6 aromatic rings. The highest BCUT2D eigenvalue weighted by Gasteiger charge is 2.37. The van der Waals surface area contributed by atoms with Crippen LogP contribution in [0.5, 0.6) is 28.7 Å². The maximum atomic E-state index is 13.8. The Morgan fingerprint density at radius 2 is 0.939 bits per heavy atom. The summed E-state index contributed by atoms with van der Waals surface area (Å²) in [6, 6.07) is 50.1. The van der Waals surface area contributed by atoms with Gasteiger partial charge in [0.15, 0.2) is 17.6 Å². The third-order valence-electron chi connectivity index (χ3n) is 12.2. The number of esters is 1. The zero-order chi connectivity index (χ0) is 45.4. The van der Waals surface area contributed by atoms with Gasteiger partial charge in [0.2, 0.25) is 0 Å². The molecule has 0 fully saturated rings. The monoisotopic (exact) mass is 888 g/mol. The van der Waals surface area contributed by atoms with Gasteiger partial charge in [-0.2, -0.15) is 0 Å². The standard InChI is InChI=1S/C59H68O7/c1-2-3-4-5-6-7-8-9-10-11-12-13-26-35-58(60)65-57-41-52-54(63-44-48-31-22-16-23-32-48)39-51(61-42-46-27-18-14-19-28-46)40-55(52)66-59(57)50-36-37-53(62-43-47-29-20-15-21-30-47)56(38-50)64-45-49-33-24-17-25-34-49/h14-25,27-34,36-40,57,59H,2-13,26,35,41-45H2,1H3/t57-,59+/m0/s1. The van der Waals surface area contributed by atoms with E-state index >= 15 is 0 Å². The summed E-state index contributed by atoms with van der Waals surface area (Å²) in [4.78, 5) is 13.8. The summed E-state index contributed by atoms with van der Waals surface area (Å²) in [5.41, 5.74) is 5.80. The van der Waals surface area contributed by atoms with Crippen LogP contribution in [0, 0.1) is 0 Å². The SMILES string of the molecule is CCCCCCCCCCCCCCCC(=O)O[C@H]1Cc2c(OCc3ccccc3)cc(OCc3ccccc3)cc2O[C@@H]1c1ccc(OCc2ccccc2)c(OCc2ccccc2)c1. The van der Waals surface area contributed by atoms with E-state index in [1.807, 2.05) is 152 Å². The van der Waals surface area contributed by atoms with Gasteiger partial charge in [-0.1, -0.05) is 211 Å². The quantitative estimate of drug-likeness (QED) is 0.0359. The molecule has 0 N–H and O–H groups in total. The van der Waals surface area contributed by atoms with Crippen molar-refractivity contribution in [2.75, 3.05) is 0 Å². The van der Waals surface area contributed by atoms with Crippen LogP contribution in [0.2, 0.25) is 0 Å². The Morgan fingerprint density at radius 3 is 1.45 bits per heavy atom. The zero-order valence-electron chi connectivity index (χ0n) is 38.9. The van der Waals surface area contributed by atoms with E-state index in [0.29, 0.717) is 68.0 Å². The molecule has 1 heterocycles. The fraction of sp³-hybridized carbons (Fsp3) is 0.373. The van der Waals surface area contributed by atoms with Gasteiger partial charge in [0.25, 0.3) is 0 Å². The van der Waals surface area contributed by atoms with Crippen molar-refractivity contribution in [3.05, 3.63) is 185 Å². The molecule has 7 rings (SSSR count). The van der Waals surface area contributed by atoms with Crippen LogP contribution in [-0.4, -0.2) is 12.1 Å². The molecular weight excluding hydrogens is 821 g/mol. The Labute approximate surface area is 393 Å². The molecular formula is C59H68O7. The summed E-state index contributed by atoms with van der Waals surface area (Å²) in [5, 5.41) is 0. The average Bonchev–Trinajstić information content (AvgIpc) is 3.36. The van der Waals surface area contributed by atoms with Crippen LogP contribution < -0.4 is 23.7 Å². The smallest absolute Gasteiger partial charge is 0.306 e. The topological polar surface area (TPSA) is 72.5 Å². The second kappa shape index (κ2) is 26.7. The van der Waals surface area contributed by atoms with Gasteiger partial charge in [-0.25, -0.2) is 0 Å². The lowest BCUT2D eigenvalue weighted by Gasteiger charge is -2.35.